The van der Waals surface area contributed by atoms with Crippen LogP contribution in [0, 0.1) is 5.92 Å². The molecular weight excluding hydrogens is 259 g/mol. The van der Waals surface area contributed by atoms with Gasteiger partial charge in [-0.15, -0.1) is 0 Å². The van der Waals surface area contributed by atoms with Gasteiger partial charge in [0.1, 0.15) is 0 Å². The molecule has 0 aliphatic heterocycles. The van der Waals surface area contributed by atoms with E-state index in [9.17, 15) is 18.0 Å². The van der Waals surface area contributed by atoms with Crippen molar-refractivity contribution in [3.63, 3.8) is 0 Å². The molecule has 1 aliphatic rings. The van der Waals surface area contributed by atoms with E-state index in [2.05, 4.69) is 10.1 Å². The zero-order valence-electron chi connectivity index (χ0n) is 11.5. The van der Waals surface area contributed by atoms with Gasteiger partial charge < -0.3 is 10.1 Å². The lowest BCUT2D eigenvalue weighted by molar-refractivity contribution is -0.189. The summed E-state index contributed by atoms with van der Waals surface area (Å²) in [5.41, 5.74) is -0.762. The highest BCUT2D eigenvalue weighted by Crippen LogP contribution is 2.43. The van der Waals surface area contributed by atoms with Crippen molar-refractivity contribution in [3.8, 4) is 0 Å². The second-order valence-corrected chi connectivity index (χ2v) is 5.29. The molecule has 6 heteroatoms. The van der Waals surface area contributed by atoms with Gasteiger partial charge in [-0.1, -0.05) is 13.3 Å². The van der Waals surface area contributed by atoms with Crippen LogP contribution in [0.25, 0.3) is 0 Å². The second kappa shape index (κ2) is 6.59. The summed E-state index contributed by atoms with van der Waals surface area (Å²) in [4.78, 5) is 11.5. The molecule has 2 unspecified atom stereocenters. The maximum Gasteiger partial charge on any atom is 0.391 e. The van der Waals surface area contributed by atoms with Crippen LogP contribution in [0.4, 0.5) is 13.2 Å². The normalized spacial score (nSPS) is 28.2. The number of carbonyl (C=O) groups is 1. The SMILES string of the molecule is CCCNC1(CC(=O)OC)CCCC(C(F)(F)F)C1. The summed E-state index contributed by atoms with van der Waals surface area (Å²) >= 11 is 0. The quantitative estimate of drug-likeness (QED) is 0.787. The number of hydrogen-bond acceptors (Lipinski definition) is 3. The van der Waals surface area contributed by atoms with E-state index in [1.165, 1.54) is 7.11 Å². The number of nitrogens with one attached hydrogen (secondary N) is 1. The van der Waals surface area contributed by atoms with Crippen LogP contribution in [0.2, 0.25) is 0 Å². The Kier molecular flexibility index (Phi) is 5.64. The molecule has 1 saturated carbocycles. The summed E-state index contributed by atoms with van der Waals surface area (Å²) in [5, 5.41) is 3.15. The molecule has 112 valence electrons. The number of alkyl halides is 3. The summed E-state index contributed by atoms with van der Waals surface area (Å²) in [7, 11) is 1.26. The Morgan fingerprint density at radius 3 is 2.68 bits per heavy atom. The highest BCUT2D eigenvalue weighted by molar-refractivity contribution is 5.70. The van der Waals surface area contributed by atoms with Gasteiger partial charge in [0.15, 0.2) is 0 Å². The van der Waals surface area contributed by atoms with E-state index < -0.39 is 23.6 Å². The largest absolute Gasteiger partial charge is 0.469 e. The van der Waals surface area contributed by atoms with Gasteiger partial charge in [-0.05, 0) is 32.2 Å². The number of rotatable bonds is 5. The number of ether oxygens (including phenoxy) is 1. The first kappa shape index (κ1) is 16.3. The lowest BCUT2D eigenvalue weighted by Crippen LogP contribution is -2.52. The minimum absolute atomic E-state index is 0.01000. The lowest BCUT2D eigenvalue weighted by Gasteiger charge is -2.41. The molecule has 0 radical (unpaired) electrons. The summed E-state index contributed by atoms with van der Waals surface area (Å²) < 4.78 is 43.3. The van der Waals surface area contributed by atoms with Gasteiger partial charge in [-0.25, -0.2) is 0 Å². The summed E-state index contributed by atoms with van der Waals surface area (Å²) in [6, 6.07) is 0. The van der Waals surface area contributed by atoms with Crippen LogP contribution < -0.4 is 5.32 Å². The van der Waals surface area contributed by atoms with Gasteiger partial charge >= 0.3 is 12.1 Å². The Hall–Kier alpha value is -0.780. The average molecular weight is 281 g/mol. The van der Waals surface area contributed by atoms with Crippen molar-refractivity contribution in [2.24, 2.45) is 5.92 Å². The number of carbonyl (C=O) groups excluding carboxylic acids is 1. The second-order valence-electron chi connectivity index (χ2n) is 5.29. The fraction of sp³-hybridized carbons (Fsp3) is 0.923. The minimum Gasteiger partial charge on any atom is -0.469 e. The minimum atomic E-state index is -4.18. The van der Waals surface area contributed by atoms with Crippen molar-refractivity contribution in [1.82, 2.24) is 5.32 Å². The standard InChI is InChI=1S/C13H22F3NO2/c1-3-7-17-12(9-11(18)19-2)6-4-5-10(8-12)13(14,15)16/h10,17H,3-9H2,1-2H3. The van der Waals surface area contributed by atoms with Gasteiger partial charge in [0, 0.05) is 5.54 Å². The maximum atomic E-state index is 12.9. The van der Waals surface area contributed by atoms with Crippen molar-refractivity contribution in [2.45, 2.75) is 57.2 Å². The third-order valence-electron chi connectivity index (χ3n) is 3.77. The van der Waals surface area contributed by atoms with E-state index in [1.54, 1.807) is 0 Å². The molecule has 0 aromatic heterocycles. The van der Waals surface area contributed by atoms with E-state index in [4.69, 9.17) is 0 Å². The van der Waals surface area contributed by atoms with Crippen LogP contribution in [-0.4, -0.2) is 31.3 Å². The van der Waals surface area contributed by atoms with Crippen LogP contribution in [-0.2, 0) is 9.53 Å². The number of halogens is 3. The molecule has 0 aromatic rings. The molecule has 3 nitrogen and oxygen atoms in total. The topological polar surface area (TPSA) is 38.3 Å². The highest BCUT2D eigenvalue weighted by Gasteiger charge is 2.48. The number of esters is 1. The molecule has 1 fully saturated rings. The van der Waals surface area contributed by atoms with Crippen molar-refractivity contribution in [3.05, 3.63) is 0 Å². The van der Waals surface area contributed by atoms with Gasteiger partial charge in [0.2, 0.25) is 0 Å². The fourth-order valence-electron chi connectivity index (χ4n) is 2.76. The molecule has 0 bridgehead atoms. The number of hydrogen-bond donors (Lipinski definition) is 1. The molecular formula is C13H22F3NO2. The first-order chi connectivity index (χ1) is 8.83. The highest BCUT2D eigenvalue weighted by atomic mass is 19.4. The molecule has 1 aliphatic carbocycles. The molecule has 0 spiro atoms. The summed E-state index contributed by atoms with van der Waals surface area (Å²) in [5.74, 6) is -1.78. The Bertz CT molecular complexity index is 307. The molecule has 2 atom stereocenters. The third-order valence-corrected chi connectivity index (χ3v) is 3.77. The van der Waals surface area contributed by atoms with Crippen LogP contribution in [0.15, 0.2) is 0 Å². The Morgan fingerprint density at radius 1 is 1.47 bits per heavy atom. The maximum absolute atomic E-state index is 12.9. The van der Waals surface area contributed by atoms with E-state index in [1.807, 2.05) is 6.92 Å². The lowest BCUT2D eigenvalue weighted by atomic mass is 9.73. The van der Waals surface area contributed by atoms with Crippen LogP contribution >= 0.6 is 0 Å². The van der Waals surface area contributed by atoms with Gasteiger partial charge in [0.25, 0.3) is 0 Å². The zero-order valence-corrected chi connectivity index (χ0v) is 11.5. The molecule has 0 heterocycles. The summed E-state index contributed by atoms with van der Waals surface area (Å²) in [6.07, 6.45) is -2.16. The van der Waals surface area contributed by atoms with Crippen LogP contribution in [0.5, 0.6) is 0 Å². The van der Waals surface area contributed by atoms with E-state index in [-0.39, 0.29) is 19.3 Å². The van der Waals surface area contributed by atoms with Gasteiger partial charge in [-0.2, -0.15) is 13.2 Å². The van der Waals surface area contributed by atoms with E-state index >= 15 is 0 Å². The molecule has 0 aromatic carbocycles. The smallest absolute Gasteiger partial charge is 0.391 e. The average Bonchev–Trinajstić information content (AvgIpc) is 2.35. The Morgan fingerprint density at radius 2 is 2.16 bits per heavy atom. The Balaban J connectivity index is 2.80. The van der Waals surface area contributed by atoms with Crippen molar-refractivity contribution in [1.29, 1.82) is 0 Å². The van der Waals surface area contributed by atoms with Crippen LogP contribution in [0.3, 0.4) is 0 Å². The predicted molar refractivity (Wildman–Crippen MR) is 65.7 cm³/mol. The van der Waals surface area contributed by atoms with Crippen molar-refractivity contribution >= 4 is 5.97 Å². The van der Waals surface area contributed by atoms with E-state index in [0.29, 0.717) is 19.4 Å². The monoisotopic (exact) mass is 281 g/mol. The summed E-state index contributed by atoms with van der Waals surface area (Å²) in [6.45, 7) is 2.56. The molecule has 1 rings (SSSR count). The van der Waals surface area contributed by atoms with Crippen molar-refractivity contribution in [2.75, 3.05) is 13.7 Å². The molecule has 1 N–H and O–H groups in total. The zero-order chi connectivity index (χ0) is 14.5. The first-order valence-electron chi connectivity index (χ1n) is 6.71. The van der Waals surface area contributed by atoms with Gasteiger partial charge in [0.05, 0.1) is 19.4 Å². The fourth-order valence-corrected chi connectivity index (χ4v) is 2.76. The predicted octanol–water partition coefficient (Wildman–Crippen LogP) is 3.04. The first-order valence-corrected chi connectivity index (χ1v) is 6.71. The molecule has 19 heavy (non-hydrogen) atoms. The Labute approximate surface area is 111 Å². The van der Waals surface area contributed by atoms with Crippen LogP contribution in [0.1, 0.15) is 45.4 Å². The third kappa shape index (κ3) is 4.67. The van der Waals surface area contributed by atoms with E-state index in [0.717, 1.165) is 6.42 Å². The molecule has 0 saturated heterocycles. The van der Waals surface area contributed by atoms with Crippen molar-refractivity contribution < 1.29 is 22.7 Å². The van der Waals surface area contributed by atoms with Gasteiger partial charge in [-0.3, -0.25) is 4.79 Å². The molecule has 0 amide bonds. The number of methoxy groups -OCH3 is 1.